The van der Waals surface area contributed by atoms with Gasteiger partial charge in [-0.3, -0.25) is 0 Å². The summed E-state index contributed by atoms with van der Waals surface area (Å²) in [6.45, 7) is 0. The van der Waals surface area contributed by atoms with Gasteiger partial charge in [-0.25, -0.2) is 0 Å². The minimum atomic E-state index is 0. The van der Waals surface area contributed by atoms with E-state index in [4.69, 9.17) is 0 Å². The maximum absolute atomic E-state index is 3.28. The van der Waals surface area contributed by atoms with Gasteiger partial charge in [0, 0.05) is 0 Å². The lowest BCUT2D eigenvalue weighted by molar-refractivity contribution is 1.62. The molecule has 2 rings (SSSR count). The summed E-state index contributed by atoms with van der Waals surface area (Å²) in [4.78, 5) is 0. The van der Waals surface area contributed by atoms with E-state index in [0.29, 0.717) is 0 Å². The standard InChI is InChI=1S/C12H10.CH4Si.2ClH/c1-3-7-11(8-4-1)12-9-5-2-6-10-12;1-2;;/h1-10H;1-2H2;2*1H. The van der Waals surface area contributed by atoms with E-state index < -0.39 is 0 Å². The van der Waals surface area contributed by atoms with Gasteiger partial charge in [-0.1, -0.05) is 60.7 Å². The molecule has 0 amide bonds. The first-order valence-electron chi connectivity index (χ1n) is 4.57. The Bertz CT molecular complexity index is 325. The van der Waals surface area contributed by atoms with Gasteiger partial charge in [0.2, 0.25) is 0 Å². The van der Waals surface area contributed by atoms with E-state index in [-0.39, 0.29) is 24.8 Å². The molecule has 0 N–H and O–H groups in total. The van der Waals surface area contributed by atoms with E-state index in [0.717, 1.165) is 0 Å². The van der Waals surface area contributed by atoms with Gasteiger partial charge in [0.1, 0.15) is 0 Å². The van der Waals surface area contributed by atoms with Crippen molar-refractivity contribution in [1.82, 2.24) is 0 Å². The maximum atomic E-state index is 3.28. The fraction of sp³-hybridized carbons (Fsp3) is 0. The van der Waals surface area contributed by atoms with Crippen LogP contribution in [0, 0.1) is 0 Å². The van der Waals surface area contributed by atoms with Crippen LogP contribution in [0.15, 0.2) is 60.7 Å². The number of rotatable bonds is 1. The zero-order chi connectivity index (χ0) is 10.2. The van der Waals surface area contributed by atoms with Crippen LogP contribution in [0.25, 0.3) is 11.1 Å². The van der Waals surface area contributed by atoms with Crippen molar-refractivity contribution in [2.75, 3.05) is 0 Å². The fourth-order valence-corrected chi connectivity index (χ4v) is 1.26. The Morgan fingerprint density at radius 1 is 0.562 bits per heavy atom. The Balaban J connectivity index is 0. The van der Waals surface area contributed by atoms with Gasteiger partial charge in [0.15, 0.2) is 0 Å². The molecule has 2 aromatic rings. The molecule has 0 aliphatic rings. The zero-order valence-electron chi connectivity index (χ0n) is 9.00. The molecule has 86 valence electrons. The maximum Gasteiger partial charge on any atom is -0.0184 e. The Morgan fingerprint density at radius 2 is 0.812 bits per heavy atom. The third kappa shape index (κ3) is 5.26. The molecule has 0 saturated carbocycles. The summed E-state index contributed by atoms with van der Waals surface area (Å²) in [7, 11) is 1.61. The molecule has 0 nitrogen and oxygen atoms in total. The Hall–Kier alpha value is -0.893. The highest BCUT2D eigenvalue weighted by molar-refractivity contribution is 6.18. The van der Waals surface area contributed by atoms with Crippen molar-refractivity contribution >= 4 is 40.8 Å². The van der Waals surface area contributed by atoms with Crippen LogP contribution in [0.5, 0.6) is 0 Å². The molecule has 0 fully saturated rings. The Kier molecular flexibility index (Phi) is 11.6. The topological polar surface area (TPSA) is 0 Å². The van der Waals surface area contributed by atoms with E-state index in [1.165, 1.54) is 11.1 Å². The summed E-state index contributed by atoms with van der Waals surface area (Å²) in [6, 6.07) is 20.8. The second kappa shape index (κ2) is 10.6. The highest BCUT2D eigenvalue weighted by Gasteiger charge is 1.91. The Morgan fingerprint density at radius 3 is 1.06 bits per heavy atom. The molecule has 0 unspecified atom stereocenters. The molecule has 0 aliphatic carbocycles. The van der Waals surface area contributed by atoms with E-state index in [9.17, 15) is 0 Å². The minimum Gasteiger partial charge on any atom is -0.147 e. The quantitative estimate of drug-likeness (QED) is 0.698. The zero-order valence-corrected chi connectivity index (χ0v) is 12.1. The van der Waals surface area contributed by atoms with Crippen LogP contribution in [0.2, 0.25) is 0 Å². The van der Waals surface area contributed by atoms with Gasteiger partial charge in [-0.15, -0.1) is 31.0 Å². The van der Waals surface area contributed by atoms with Gasteiger partial charge in [-0.2, -0.15) is 0 Å². The normalized spacial score (nSPS) is 7.50. The van der Waals surface area contributed by atoms with E-state index >= 15 is 0 Å². The molecule has 16 heavy (non-hydrogen) atoms. The van der Waals surface area contributed by atoms with Crippen molar-refractivity contribution in [2.45, 2.75) is 0 Å². The molecule has 3 heteroatoms. The summed E-state index contributed by atoms with van der Waals surface area (Å²) in [5.74, 6) is 0. The number of hydrogen-bond donors (Lipinski definition) is 0. The van der Waals surface area contributed by atoms with Gasteiger partial charge < -0.3 is 0 Å². The molecule has 0 aromatic heterocycles. The first-order valence-corrected chi connectivity index (χ1v) is 5.57. The second-order valence-electron chi connectivity index (χ2n) is 2.73. The second-order valence-corrected chi connectivity index (χ2v) is 2.73. The highest BCUT2D eigenvalue weighted by Crippen LogP contribution is 2.17. The van der Waals surface area contributed by atoms with E-state index in [1.54, 1.807) is 9.85 Å². The highest BCUT2D eigenvalue weighted by atomic mass is 35.5. The molecule has 0 radical (unpaired) electrons. The van der Waals surface area contributed by atoms with Crippen molar-refractivity contribution in [3.63, 3.8) is 0 Å². The summed E-state index contributed by atoms with van der Waals surface area (Å²) < 4.78 is 0. The largest absolute Gasteiger partial charge is 0.147 e. The summed E-state index contributed by atoms with van der Waals surface area (Å²) >= 11 is 0. The van der Waals surface area contributed by atoms with Crippen molar-refractivity contribution < 1.29 is 0 Å². The van der Waals surface area contributed by atoms with Crippen molar-refractivity contribution in [2.24, 2.45) is 0 Å². The summed E-state index contributed by atoms with van der Waals surface area (Å²) in [5.41, 5.74) is 2.55. The van der Waals surface area contributed by atoms with Crippen LogP contribution in [0.4, 0.5) is 0 Å². The van der Waals surface area contributed by atoms with Gasteiger partial charge in [0.05, 0.1) is 0 Å². The number of benzene rings is 2. The lowest BCUT2D eigenvalue weighted by atomic mass is 10.1. The molecular weight excluding hydrogens is 255 g/mol. The van der Waals surface area contributed by atoms with Crippen LogP contribution in [-0.2, 0) is 0 Å². The molecule has 0 atom stereocenters. The van der Waals surface area contributed by atoms with Crippen LogP contribution >= 0.6 is 24.8 Å². The number of hydrogen-bond acceptors (Lipinski definition) is 0. The van der Waals surface area contributed by atoms with Crippen molar-refractivity contribution in [3.05, 3.63) is 60.7 Å². The van der Waals surface area contributed by atoms with Crippen LogP contribution in [0.3, 0.4) is 0 Å². The van der Waals surface area contributed by atoms with Gasteiger partial charge in [-0.05, 0) is 21.0 Å². The van der Waals surface area contributed by atoms with Crippen molar-refractivity contribution in [1.29, 1.82) is 0 Å². The molecule has 0 aliphatic heterocycles. The summed E-state index contributed by atoms with van der Waals surface area (Å²) in [5, 5.41) is 0. The third-order valence-corrected chi connectivity index (χ3v) is 1.88. The van der Waals surface area contributed by atoms with Gasteiger partial charge in [0.25, 0.3) is 0 Å². The Labute approximate surface area is 113 Å². The molecule has 0 heterocycles. The molecule has 2 aromatic carbocycles. The average molecular weight is 271 g/mol. The van der Waals surface area contributed by atoms with Crippen molar-refractivity contribution in [3.8, 4) is 11.1 Å². The predicted molar refractivity (Wildman–Crippen MR) is 82.0 cm³/mol. The predicted octanol–water partition coefficient (Wildman–Crippen LogP) is 3.25. The molecule has 0 bridgehead atoms. The average Bonchev–Trinajstić information content (AvgIpc) is 2.34. The molecule has 0 spiro atoms. The monoisotopic (exact) mass is 270 g/mol. The SMILES string of the molecule is C=[SiH2].Cl.Cl.c1ccc(-c2ccccc2)cc1. The number of halogens is 2. The first kappa shape index (κ1) is 17.5. The fourth-order valence-electron chi connectivity index (χ4n) is 1.26. The smallest absolute Gasteiger partial charge is 0.0184 e. The minimum absolute atomic E-state index is 0. The van der Waals surface area contributed by atoms with Crippen LogP contribution < -0.4 is 0 Å². The molecule has 0 saturated heterocycles. The van der Waals surface area contributed by atoms with Gasteiger partial charge >= 0.3 is 0 Å². The third-order valence-electron chi connectivity index (χ3n) is 1.88. The van der Waals surface area contributed by atoms with Crippen LogP contribution in [-0.4, -0.2) is 16.0 Å². The summed E-state index contributed by atoms with van der Waals surface area (Å²) in [6.07, 6.45) is 3.28. The first-order chi connectivity index (χ1) is 6.97. The van der Waals surface area contributed by atoms with E-state index in [1.807, 2.05) is 12.1 Å². The lowest BCUT2D eigenvalue weighted by Crippen LogP contribution is -1.73. The lowest BCUT2D eigenvalue weighted by Gasteiger charge is -1.98. The van der Waals surface area contributed by atoms with E-state index in [2.05, 4.69) is 54.7 Å². The molecular formula is C13H16Cl2Si. The van der Waals surface area contributed by atoms with Crippen LogP contribution in [0.1, 0.15) is 0 Å².